The first kappa shape index (κ1) is 6.61. The molecular weight excluding hydrogens is 156 g/mol. The summed E-state index contributed by atoms with van der Waals surface area (Å²) >= 11 is 1.73. The summed E-state index contributed by atoms with van der Waals surface area (Å²) < 4.78 is 1.88. The number of nitrogens with zero attached hydrogens (tertiary/aromatic N) is 2. The Labute approximate surface area is 69.1 Å². The fourth-order valence-corrected chi connectivity index (χ4v) is 1.82. The van der Waals surface area contributed by atoms with Gasteiger partial charge in [0.1, 0.15) is 0 Å². The van der Waals surface area contributed by atoms with Gasteiger partial charge in [-0.05, 0) is 17.5 Å². The molecule has 2 aromatic heterocycles. The molecule has 0 aliphatic rings. The van der Waals surface area contributed by atoms with E-state index in [1.807, 2.05) is 30.1 Å². The fourth-order valence-electron chi connectivity index (χ4n) is 1.04. The predicted octanol–water partition coefficient (Wildman–Crippen LogP) is 2.15. The molecule has 0 aliphatic carbocycles. The summed E-state index contributed by atoms with van der Waals surface area (Å²) in [5, 5.41) is 6.17. The second-order valence-corrected chi connectivity index (χ2v) is 3.27. The third-order valence-corrected chi connectivity index (χ3v) is 2.49. The van der Waals surface area contributed by atoms with Crippen LogP contribution < -0.4 is 0 Å². The third-order valence-electron chi connectivity index (χ3n) is 1.59. The number of thiophene rings is 1. The Kier molecular flexibility index (Phi) is 1.51. The van der Waals surface area contributed by atoms with Crippen molar-refractivity contribution in [3.8, 4) is 10.6 Å². The van der Waals surface area contributed by atoms with Crippen molar-refractivity contribution in [2.45, 2.75) is 0 Å². The average Bonchev–Trinajstić information content (AvgIpc) is 2.55. The molecule has 0 aromatic carbocycles. The van der Waals surface area contributed by atoms with Gasteiger partial charge in [0, 0.05) is 13.2 Å². The molecule has 0 unspecified atom stereocenters. The Morgan fingerprint density at radius 1 is 1.45 bits per heavy atom. The second kappa shape index (κ2) is 2.51. The zero-order chi connectivity index (χ0) is 7.68. The molecule has 0 saturated heterocycles. The van der Waals surface area contributed by atoms with Crippen LogP contribution in [0.3, 0.4) is 0 Å². The number of aryl methyl sites for hydroxylation is 1. The van der Waals surface area contributed by atoms with Gasteiger partial charge in [-0.1, -0.05) is 6.07 Å². The molecule has 11 heavy (non-hydrogen) atoms. The van der Waals surface area contributed by atoms with Gasteiger partial charge in [-0.2, -0.15) is 5.10 Å². The molecule has 56 valence electrons. The highest BCUT2D eigenvalue weighted by atomic mass is 32.1. The van der Waals surface area contributed by atoms with Crippen molar-refractivity contribution < 1.29 is 0 Å². The summed E-state index contributed by atoms with van der Waals surface area (Å²) in [6, 6.07) is 6.17. The maximum absolute atomic E-state index is 4.10. The lowest BCUT2D eigenvalue weighted by Gasteiger charge is -1.95. The third kappa shape index (κ3) is 1.07. The van der Waals surface area contributed by atoms with Crippen LogP contribution in [-0.2, 0) is 7.05 Å². The van der Waals surface area contributed by atoms with Crippen molar-refractivity contribution in [2.75, 3.05) is 0 Å². The lowest BCUT2D eigenvalue weighted by atomic mass is 10.3. The molecule has 0 spiro atoms. The summed E-state index contributed by atoms with van der Waals surface area (Å²) in [6.45, 7) is 0. The Bertz CT molecular complexity index is 335. The quantitative estimate of drug-likeness (QED) is 0.631. The molecule has 0 radical (unpaired) electrons. The van der Waals surface area contributed by atoms with E-state index in [9.17, 15) is 0 Å². The van der Waals surface area contributed by atoms with E-state index in [0.29, 0.717) is 0 Å². The maximum Gasteiger partial charge on any atom is 0.0778 e. The largest absolute Gasteiger partial charge is 0.267 e. The Balaban J connectivity index is 2.53. The molecule has 2 heterocycles. The molecule has 0 N–H and O–H groups in total. The van der Waals surface area contributed by atoms with Gasteiger partial charge in [0.05, 0.1) is 10.6 Å². The first-order valence-electron chi connectivity index (χ1n) is 3.40. The van der Waals surface area contributed by atoms with Crippen molar-refractivity contribution in [1.29, 1.82) is 0 Å². The van der Waals surface area contributed by atoms with E-state index in [4.69, 9.17) is 0 Å². The van der Waals surface area contributed by atoms with Crippen LogP contribution in [0.4, 0.5) is 0 Å². The van der Waals surface area contributed by atoms with Gasteiger partial charge in [-0.25, -0.2) is 0 Å². The van der Waals surface area contributed by atoms with E-state index in [0.717, 1.165) is 0 Å². The monoisotopic (exact) mass is 164 g/mol. The lowest BCUT2D eigenvalue weighted by Crippen LogP contribution is -1.90. The average molecular weight is 164 g/mol. The van der Waals surface area contributed by atoms with Gasteiger partial charge in [0.2, 0.25) is 0 Å². The number of hydrogen-bond acceptors (Lipinski definition) is 2. The standard InChI is InChI=1S/C8H8N2S/c1-10-7(4-5-9-10)8-3-2-6-11-8/h2-6H,1H3. The van der Waals surface area contributed by atoms with Gasteiger partial charge in [-0.15, -0.1) is 11.3 Å². The smallest absolute Gasteiger partial charge is 0.0778 e. The summed E-state index contributed by atoms with van der Waals surface area (Å²) in [6.07, 6.45) is 1.81. The Hall–Kier alpha value is -1.09. The molecule has 2 rings (SSSR count). The molecule has 0 amide bonds. The molecule has 0 aliphatic heterocycles. The zero-order valence-corrected chi connectivity index (χ0v) is 7.01. The minimum Gasteiger partial charge on any atom is -0.267 e. The second-order valence-electron chi connectivity index (χ2n) is 2.32. The first-order chi connectivity index (χ1) is 5.38. The summed E-state index contributed by atoms with van der Waals surface area (Å²) in [5.41, 5.74) is 1.18. The van der Waals surface area contributed by atoms with E-state index in [-0.39, 0.29) is 0 Å². The van der Waals surface area contributed by atoms with E-state index in [1.54, 1.807) is 11.3 Å². The van der Waals surface area contributed by atoms with Crippen LogP contribution in [0.25, 0.3) is 10.6 Å². The molecular formula is C8H8N2S. The van der Waals surface area contributed by atoms with Crippen LogP contribution >= 0.6 is 11.3 Å². The predicted molar refractivity (Wildman–Crippen MR) is 46.5 cm³/mol. The van der Waals surface area contributed by atoms with Gasteiger partial charge >= 0.3 is 0 Å². The highest BCUT2D eigenvalue weighted by Gasteiger charge is 2.00. The van der Waals surface area contributed by atoms with Gasteiger partial charge in [0.25, 0.3) is 0 Å². The normalized spacial score (nSPS) is 10.3. The number of aromatic nitrogens is 2. The van der Waals surface area contributed by atoms with Crippen LogP contribution in [-0.4, -0.2) is 9.78 Å². The van der Waals surface area contributed by atoms with Crippen molar-refractivity contribution in [3.63, 3.8) is 0 Å². The van der Waals surface area contributed by atoms with Crippen molar-refractivity contribution in [2.24, 2.45) is 7.05 Å². The fraction of sp³-hybridized carbons (Fsp3) is 0.125. The van der Waals surface area contributed by atoms with Crippen molar-refractivity contribution in [3.05, 3.63) is 29.8 Å². The van der Waals surface area contributed by atoms with E-state index >= 15 is 0 Å². The molecule has 2 nitrogen and oxygen atoms in total. The lowest BCUT2D eigenvalue weighted by molar-refractivity contribution is 0.777. The van der Waals surface area contributed by atoms with Crippen LogP contribution in [0.15, 0.2) is 29.8 Å². The maximum atomic E-state index is 4.10. The van der Waals surface area contributed by atoms with Crippen LogP contribution in [0.5, 0.6) is 0 Å². The molecule has 0 atom stereocenters. The van der Waals surface area contributed by atoms with Crippen LogP contribution in [0, 0.1) is 0 Å². The highest BCUT2D eigenvalue weighted by Crippen LogP contribution is 2.22. The summed E-state index contributed by atoms with van der Waals surface area (Å²) in [7, 11) is 1.95. The topological polar surface area (TPSA) is 17.8 Å². The van der Waals surface area contributed by atoms with Crippen LogP contribution in [0.1, 0.15) is 0 Å². The van der Waals surface area contributed by atoms with Gasteiger partial charge in [-0.3, -0.25) is 4.68 Å². The van der Waals surface area contributed by atoms with Crippen molar-refractivity contribution in [1.82, 2.24) is 9.78 Å². The zero-order valence-electron chi connectivity index (χ0n) is 6.19. The molecule has 2 aromatic rings. The Morgan fingerprint density at radius 3 is 2.91 bits per heavy atom. The van der Waals surface area contributed by atoms with E-state index in [2.05, 4.69) is 16.5 Å². The van der Waals surface area contributed by atoms with E-state index in [1.165, 1.54) is 10.6 Å². The highest BCUT2D eigenvalue weighted by molar-refractivity contribution is 7.13. The van der Waals surface area contributed by atoms with Crippen molar-refractivity contribution >= 4 is 11.3 Å². The number of rotatable bonds is 1. The van der Waals surface area contributed by atoms with E-state index < -0.39 is 0 Å². The molecule has 0 saturated carbocycles. The Morgan fingerprint density at radius 2 is 2.36 bits per heavy atom. The molecule has 0 fully saturated rings. The first-order valence-corrected chi connectivity index (χ1v) is 4.28. The molecule has 0 bridgehead atoms. The SMILES string of the molecule is Cn1nccc1-c1cccs1. The summed E-state index contributed by atoms with van der Waals surface area (Å²) in [5.74, 6) is 0. The van der Waals surface area contributed by atoms with Gasteiger partial charge in [0.15, 0.2) is 0 Å². The minimum absolute atomic E-state index is 1.18. The summed E-state index contributed by atoms with van der Waals surface area (Å²) in [4.78, 5) is 1.27. The molecule has 3 heteroatoms. The minimum atomic E-state index is 1.18. The number of hydrogen-bond donors (Lipinski definition) is 0. The van der Waals surface area contributed by atoms with Gasteiger partial charge < -0.3 is 0 Å². The van der Waals surface area contributed by atoms with Crippen LogP contribution in [0.2, 0.25) is 0 Å².